The summed E-state index contributed by atoms with van der Waals surface area (Å²) in [7, 11) is -4.81. The monoisotopic (exact) mass is 300 g/mol. The number of ketones is 1. The van der Waals surface area contributed by atoms with E-state index in [0.29, 0.717) is 0 Å². The van der Waals surface area contributed by atoms with E-state index < -0.39 is 45.1 Å². The second-order valence-corrected chi connectivity index (χ2v) is 4.15. The molecule has 0 aromatic carbocycles. The quantitative estimate of drug-likeness (QED) is 0.198. The first-order valence-electron chi connectivity index (χ1n) is 4.07. The summed E-state index contributed by atoms with van der Waals surface area (Å²) in [5.74, 6) is -1.14. The second-order valence-electron chi connectivity index (χ2n) is 2.91. The van der Waals surface area contributed by atoms with Gasteiger partial charge in [-0.25, -0.2) is 4.57 Å². The molecule has 0 aliphatic carbocycles. The molecule has 0 rings (SSSR count). The minimum Gasteiger partial charge on any atom is -1.00 e. The summed E-state index contributed by atoms with van der Waals surface area (Å²) in [6.45, 7) is -2.01. The van der Waals surface area contributed by atoms with Crippen molar-refractivity contribution in [2.24, 2.45) is 0 Å². The van der Waals surface area contributed by atoms with Crippen molar-refractivity contribution < 1.29 is 96.9 Å². The predicted molar refractivity (Wildman–Crippen MR) is 49.2 cm³/mol. The Hall–Kier alpha value is 1.26. The number of hydrogen-bond acceptors (Lipinski definition) is 7. The number of phosphoric ester groups is 1. The number of hydrogen-bond donors (Lipinski definition) is 6. The fourth-order valence-electron chi connectivity index (χ4n) is 0.766. The van der Waals surface area contributed by atoms with E-state index in [1.165, 1.54) is 0 Å². The van der Waals surface area contributed by atoms with Crippen molar-refractivity contribution in [1.82, 2.24) is 0 Å². The maximum Gasteiger partial charge on any atom is 1.00 e. The van der Waals surface area contributed by atoms with Gasteiger partial charge >= 0.3 is 59.2 Å². The largest absolute Gasteiger partial charge is 1.00 e. The van der Waals surface area contributed by atoms with Crippen molar-refractivity contribution in [2.75, 3.05) is 13.2 Å². The van der Waals surface area contributed by atoms with E-state index in [1.54, 1.807) is 0 Å². The Labute approximate surface area is 141 Å². The Morgan fingerprint density at radius 2 is 1.76 bits per heavy atom. The Kier molecular flexibility index (Phi) is 11.1. The van der Waals surface area contributed by atoms with Gasteiger partial charge in [-0.1, -0.05) is 0 Å². The third-order valence-electron chi connectivity index (χ3n) is 1.62. The molecule has 0 aliphatic rings. The number of phosphoric acid groups is 1. The van der Waals surface area contributed by atoms with Gasteiger partial charge in [0.1, 0.15) is 24.9 Å². The summed E-state index contributed by atoms with van der Waals surface area (Å²) >= 11 is 0. The van der Waals surface area contributed by atoms with E-state index in [0.717, 1.165) is 0 Å². The molecule has 0 spiro atoms. The van der Waals surface area contributed by atoms with Gasteiger partial charge in [0.05, 0.1) is 6.61 Å². The standard InChI is InChI=1S/C6H13O9P.K.H/c7-1-3(8)5(10)6(11)4(9)2-15-16(12,13)14;;/h4-7,9-11H,1-2H2,(H2,12,13,14);;/q;+1;-1/t4-,5-,6-;;/m1../s1. The van der Waals surface area contributed by atoms with Gasteiger partial charge in [-0.3, -0.25) is 9.32 Å². The number of aliphatic hydroxyl groups excluding tert-OH is 4. The van der Waals surface area contributed by atoms with Crippen LogP contribution in [0.2, 0.25) is 0 Å². The molecule has 98 valence electrons. The maximum atomic E-state index is 10.7. The van der Waals surface area contributed by atoms with Crippen LogP contribution in [0.5, 0.6) is 0 Å². The van der Waals surface area contributed by atoms with Crippen molar-refractivity contribution >= 4 is 13.6 Å². The van der Waals surface area contributed by atoms with Crippen molar-refractivity contribution in [3.8, 4) is 0 Å². The fraction of sp³-hybridized carbons (Fsp3) is 0.833. The topological polar surface area (TPSA) is 165 Å². The van der Waals surface area contributed by atoms with Crippen molar-refractivity contribution in [3.05, 3.63) is 0 Å². The molecule has 0 aromatic rings. The van der Waals surface area contributed by atoms with Crippen LogP contribution in [0.15, 0.2) is 0 Å². The molecule has 0 aliphatic heterocycles. The van der Waals surface area contributed by atoms with Crippen molar-refractivity contribution in [1.29, 1.82) is 0 Å². The summed E-state index contributed by atoms with van der Waals surface area (Å²) in [6.07, 6.45) is -5.94. The van der Waals surface area contributed by atoms with Crippen molar-refractivity contribution in [2.45, 2.75) is 18.3 Å². The Morgan fingerprint density at radius 3 is 2.12 bits per heavy atom. The van der Waals surface area contributed by atoms with Gasteiger partial charge in [-0.15, -0.1) is 0 Å². The zero-order valence-corrected chi connectivity index (χ0v) is 13.0. The maximum absolute atomic E-state index is 10.7. The zero-order chi connectivity index (χ0) is 12.9. The van der Waals surface area contributed by atoms with E-state index in [1.807, 2.05) is 0 Å². The molecule has 6 N–H and O–H groups in total. The van der Waals surface area contributed by atoms with E-state index in [4.69, 9.17) is 30.2 Å². The van der Waals surface area contributed by atoms with Crippen LogP contribution in [0.1, 0.15) is 1.43 Å². The molecule has 9 nitrogen and oxygen atoms in total. The molecule has 0 saturated heterocycles. The molecule has 11 heteroatoms. The van der Waals surface area contributed by atoms with Crippen LogP contribution in [0, 0.1) is 0 Å². The van der Waals surface area contributed by atoms with Crippen LogP contribution < -0.4 is 51.4 Å². The first-order chi connectivity index (χ1) is 7.19. The van der Waals surface area contributed by atoms with Gasteiger partial charge in [0.15, 0.2) is 5.78 Å². The van der Waals surface area contributed by atoms with Crippen LogP contribution in [0.25, 0.3) is 0 Å². The van der Waals surface area contributed by atoms with E-state index >= 15 is 0 Å². The van der Waals surface area contributed by atoms with Gasteiger partial charge < -0.3 is 31.6 Å². The molecule has 0 aromatic heterocycles. The average molecular weight is 300 g/mol. The average Bonchev–Trinajstić information content (AvgIpc) is 2.21. The van der Waals surface area contributed by atoms with E-state index in [9.17, 15) is 9.36 Å². The minimum atomic E-state index is -4.81. The third kappa shape index (κ3) is 8.89. The molecular weight excluding hydrogens is 286 g/mol. The zero-order valence-electron chi connectivity index (χ0n) is 10.0. The summed E-state index contributed by atoms with van der Waals surface area (Å²) in [5, 5.41) is 35.6. The number of aliphatic hydroxyl groups is 4. The molecule has 0 saturated carbocycles. The second kappa shape index (κ2) is 9.21. The van der Waals surface area contributed by atoms with Crippen LogP contribution in [-0.2, 0) is 13.9 Å². The number of rotatable bonds is 7. The summed E-state index contributed by atoms with van der Waals surface area (Å²) in [4.78, 5) is 27.2. The van der Waals surface area contributed by atoms with Gasteiger partial charge in [0.25, 0.3) is 0 Å². The van der Waals surface area contributed by atoms with Crippen LogP contribution in [0.3, 0.4) is 0 Å². The van der Waals surface area contributed by atoms with Crippen LogP contribution in [-0.4, -0.2) is 67.5 Å². The molecular formula is C6H14KO9P. The molecule has 0 fully saturated rings. The fourth-order valence-corrected chi connectivity index (χ4v) is 1.11. The molecule has 17 heavy (non-hydrogen) atoms. The van der Waals surface area contributed by atoms with E-state index in [-0.39, 0.29) is 52.8 Å². The summed E-state index contributed by atoms with van der Waals surface area (Å²) in [6, 6.07) is 0. The molecule has 0 radical (unpaired) electrons. The Morgan fingerprint density at radius 1 is 1.29 bits per heavy atom. The summed E-state index contributed by atoms with van der Waals surface area (Å²) < 4.78 is 14.1. The van der Waals surface area contributed by atoms with Crippen LogP contribution in [0.4, 0.5) is 0 Å². The van der Waals surface area contributed by atoms with Gasteiger partial charge in [0.2, 0.25) is 0 Å². The van der Waals surface area contributed by atoms with E-state index in [2.05, 4.69) is 4.52 Å². The van der Waals surface area contributed by atoms with Gasteiger partial charge in [-0.05, 0) is 0 Å². The minimum absolute atomic E-state index is 0. The Bertz CT molecular complexity index is 284. The molecule has 0 heterocycles. The predicted octanol–water partition coefficient (Wildman–Crippen LogP) is -6.14. The van der Waals surface area contributed by atoms with Gasteiger partial charge in [-0.2, -0.15) is 0 Å². The molecule has 3 atom stereocenters. The van der Waals surface area contributed by atoms with Crippen LogP contribution >= 0.6 is 7.82 Å². The number of Topliss-reactive ketones (excluding diaryl/α,β-unsaturated/α-hetero) is 1. The van der Waals surface area contributed by atoms with Gasteiger partial charge in [0, 0.05) is 0 Å². The SMILES string of the molecule is O=C(CO)[C@@H](O)[C@H](O)[C@H](O)COP(=O)(O)O.[H-].[K+]. The first-order valence-corrected chi connectivity index (χ1v) is 5.60. The molecule has 0 bridgehead atoms. The first kappa shape index (κ1) is 20.6. The smallest absolute Gasteiger partial charge is 1.00 e. The van der Waals surface area contributed by atoms with Crippen molar-refractivity contribution in [3.63, 3.8) is 0 Å². The number of carbonyl (C=O) groups excluding carboxylic acids is 1. The normalized spacial score (nSPS) is 16.8. The molecule has 0 amide bonds. The Balaban J connectivity index is -0.00000112. The summed E-state index contributed by atoms with van der Waals surface area (Å²) in [5.41, 5.74) is 0. The third-order valence-corrected chi connectivity index (χ3v) is 2.10. The number of carbonyl (C=O) groups is 1. The molecule has 0 unspecified atom stereocenters.